The molecule has 3 aromatic rings. The van der Waals surface area contributed by atoms with Gasteiger partial charge < -0.3 is 13.4 Å². The Bertz CT molecular complexity index is 1250. The zero-order valence-electron chi connectivity index (χ0n) is 17.3. The number of benzene rings is 2. The average molecular weight is 461 g/mol. The molecule has 2 aromatic carbocycles. The fraction of sp³-hybridized carbons (Fsp3) is 0.250. The van der Waals surface area contributed by atoms with Crippen LogP contribution in [0.4, 0.5) is 5.69 Å². The number of esters is 1. The quantitative estimate of drug-likeness (QED) is 0.211. The molecule has 0 N–H and O–H groups in total. The van der Waals surface area contributed by atoms with Crippen LogP contribution in [0.3, 0.4) is 0 Å². The number of non-ortho nitro benzene ring substituents is 1. The van der Waals surface area contributed by atoms with Crippen LogP contribution in [0.15, 0.2) is 51.9 Å². The number of ether oxygens (including phenoxy) is 1. The largest absolute Gasteiger partial charge is 0.452 e. The summed E-state index contributed by atoms with van der Waals surface area (Å²) in [6.07, 6.45) is 0. The Labute approximate surface area is 183 Å². The van der Waals surface area contributed by atoms with E-state index in [1.54, 1.807) is 0 Å². The SMILES string of the molecule is Cc1ccc([N+](=O)[O-])cc1S(=O)(=O)Oc1ccc(C(=O)OCc2nc(C(C)C)no2)cc1. The molecule has 3 rings (SSSR count). The van der Waals surface area contributed by atoms with E-state index in [2.05, 4.69) is 10.1 Å². The van der Waals surface area contributed by atoms with Crippen molar-refractivity contribution in [2.24, 2.45) is 0 Å². The van der Waals surface area contributed by atoms with Crippen molar-refractivity contribution < 1.29 is 31.6 Å². The minimum atomic E-state index is -4.33. The number of aryl methyl sites for hydroxylation is 1. The third kappa shape index (κ3) is 5.27. The summed E-state index contributed by atoms with van der Waals surface area (Å²) in [6.45, 7) is 5.07. The van der Waals surface area contributed by atoms with Crippen LogP contribution in [-0.4, -0.2) is 29.5 Å². The van der Waals surface area contributed by atoms with Gasteiger partial charge in [0.2, 0.25) is 0 Å². The van der Waals surface area contributed by atoms with Gasteiger partial charge in [-0.05, 0) is 36.8 Å². The van der Waals surface area contributed by atoms with Crippen molar-refractivity contribution in [1.29, 1.82) is 0 Å². The van der Waals surface area contributed by atoms with Crippen LogP contribution in [0.5, 0.6) is 5.75 Å². The number of nitro benzene ring substituents is 1. The summed E-state index contributed by atoms with van der Waals surface area (Å²) in [6, 6.07) is 8.63. The Morgan fingerprint density at radius 2 is 1.88 bits per heavy atom. The summed E-state index contributed by atoms with van der Waals surface area (Å²) in [5.74, 6) is -0.0415. The first kappa shape index (κ1) is 22.9. The molecule has 0 radical (unpaired) electrons. The van der Waals surface area contributed by atoms with Gasteiger partial charge in [-0.15, -0.1) is 0 Å². The molecule has 0 saturated carbocycles. The summed E-state index contributed by atoms with van der Waals surface area (Å²) in [5.41, 5.74) is 0.0555. The van der Waals surface area contributed by atoms with Gasteiger partial charge in [0, 0.05) is 18.1 Å². The minimum absolute atomic E-state index is 0.0674. The summed E-state index contributed by atoms with van der Waals surface area (Å²) < 4.78 is 40.3. The Morgan fingerprint density at radius 1 is 1.19 bits per heavy atom. The molecule has 0 aliphatic heterocycles. The predicted octanol–water partition coefficient (Wildman–Crippen LogP) is 3.53. The Balaban J connectivity index is 1.68. The Hall–Kier alpha value is -3.80. The smallest absolute Gasteiger partial charge is 0.339 e. The molecule has 0 unspecified atom stereocenters. The van der Waals surface area contributed by atoms with E-state index < -0.39 is 21.0 Å². The van der Waals surface area contributed by atoms with Crippen LogP contribution >= 0.6 is 0 Å². The van der Waals surface area contributed by atoms with E-state index in [0.29, 0.717) is 5.82 Å². The zero-order valence-corrected chi connectivity index (χ0v) is 18.2. The summed E-state index contributed by atoms with van der Waals surface area (Å²) >= 11 is 0. The third-order valence-electron chi connectivity index (χ3n) is 4.27. The number of aromatic nitrogens is 2. The van der Waals surface area contributed by atoms with Crippen LogP contribution in [0, 0.1) is 17.0 Å². The molecule has 0 amide bonds. The van der Waals surface area contributed by atoms with Crippen LogP contribution in [0.1, 0.15) is 47.4 Å². The fourth-order valence-corrected chi connectivity index (χ4v) is 3.74. The molecule has 0 aliphatic carbocycles. The van der Waals surface area contributed by atoms with Crippen molar-refractivity contribution in [3.63, 3.8) is 0 Å². The van der Waals surface area contributed by atoms with Gasteiger partial charge in [0.1, 0.15) is 10.6 Å². The second kappa shape index (κ2) is 9.14. The van der Waals surface area contributed by atoms with Crippen molar-refractivity contribution >= 4 is 21.8 Å². The number of carbonyl (C=O) groups is 1. The summed E-state index contributed by atoms with van der Waals surface area (Å²) in [5, 5.41) is 14.7. The molecule has 11 nitrogen and oxygen atoms in total. The maximum atomic E-state index is 12.6. The van der Waals surface area contributed by atoms with Crippen LogP contribution in [0.25, 0.3) is 0 Å². The molecule has 32 heavy (non-hydrogen) atoms. The maximum absolute atomic E-state index is 12.6. The molecule has 0 fully saturated rings. The average Bonchev–Trinajstić information content (AvgIpc) is 3.22. The van der Waals surface area contributed by atoms with E-state index >= 15 is 0 Å². The minimum Gasteiger partial charge on any atom is -0.452 e. The third-order valence-corrected chi connectivity index (χ3v) is 5.67. The Morgan fingerprint density at radius 3 is 2.47 bits per heavy atom. The molecule has 0 aliphatic rings. The van der Waals surface area contributed by atoms with Gasteiger partial charge in [0.05, 0.1) is 10.5 Å². The van der Waals surface area contributed by atoms with E-state index in [9.17, 15) is 23.3 Å². The molecule has 0 atom stereocenters. The van der Waals surface area contributed by atoms with Gasteiger partial charge in [0.25, 0.3) is 11.6 Å². The molecule has 0 bridgehead atoms. The van der Waals surface area contributed by atoms with E-state index in [0.717, 1.165) is 6.07 Å². The second-order valence-corrected chi connectivity index (χ2v) is 8.56. The monoisotopic (exact) mass is 461 g/mol. The number of carbonyl (C=O) groups excluding carboxylic acids is 1. The lowest BCUT2D eigenvalue weighted by molar-refractivity contribution is -0.385. The van der Waals surface area contributed by atoms with E-state index in [1.807, 2.05) is 13.8 Å². The lowest BCUT2D eigenvalue weighted by atomic mass is 10.2. The summed E-state index contributed by atoms with van der Waals surface area (Å²) in [4.78, 5) is 26.2. The Kier molecular flexibility index (Phi) is 6.53. The van der Waals surface area contributed by atoms with Crippen molar-refractivity contribution in [2.75, 3.05) is 0 Å². The lowest BCUT2D eigenvalue weighted by Crippen LogP contribution is -2.12. The van der Waals surface area contributed by atoms with Crippen molar-refractivity contribution in [3.8, 4) is 5.75 Å². The number of nitro groups is 1. The van der Waals surface area contributed by atoms with Gasteiger partial charge in [0.15, 0.2) is 12.4 Å². The highest BCUT2D eigenvalue weighted by atomic mass is 32.2. The standard InChI is InChI=1S/C20H19N3O8S/c1-12(2)19-21-18(30-22-19)11-29-20(24)14-5-8-16(9-6-14)31-32(27,28)17-10-15(23(25)26)7-4-13(17)3/h4-10,12H,11H2,1-3H3. The summed E-state index contributed by atoms with van der Waals surface area (Å²) in [7, 11) is -4.33. The molecule has 1 heterocycles. The first-order valence-corrected chi connectivity index (χ1v) is 10.8. The van der Waals surface area contributed by atoms with Crippen molar-refractivity contribution in [2.45, 2.75) is 38.2 Å². The van der Waals surface area contributed by atoms with Crippen LogP contribution in [-0.2, 0) is 21.5 Å². The van der Waals surface area contributed by atoms with Gasteiger partial charge in [-0.25, -0.2) is 4.79 Å². The highest BCUT2D eigenvalue weighted by Gasteiger charge is 2.23. The number of hydrogen-bond donors (Lipinski definition) is 0. The molecule has 12 heteroatoms. The van der Waals surface area contributed by atoms with Gasteiger partial charge in [-0.3, -0.25) is 10.1 Å². The van der Waals surface area contributed by atoms with Crippen molar-refractivity contribution in [3.05, 3.63) is 75.4 Å². The number of hydrogen-bond acceptors (Lipinski definition) is 10. The zero-order chi connectivity index (χ0) is 23.5. The molecule has 168 valence electrons. The number of rotatable bonds is 8. The van der Waals surface area contributed by atoms with E-state index in [1.165, 1.54) is 43.3 Å². The topological polar surface area (TPSA) is 152 Å². The molecule has 0 saturated heterocycles. The maximum Gasteiger partial charge on any atom is 0.339 e. The van der Waals surface area contributed by atoms with Crippen LogP contribution in [0.2, 0.25) is 0 Å². The van der Waals surface area contributed by atoms with Gasteiger partial charge in [-0.2, -0.15) is 13.4 Å². The fourth-order valence-electron chi connectivity index (χ4n) is 2.56. The second-order valence-electron chi connectivity index (χ2n) is 7.05. The molecule has 1 aromatic heterocycles. The van der Waals surface area contributed by atoms with E-state index in [-0.39, 0.29) is 45.9 Å². The van der Waals surface area contributed by atoms with E-state index in [4.69, 9.17) is 13.4 Å². The normalized spacial score (nSPS) is 11.4. The molecular formula is C20H19N3O8S. The molecular weight excluding hydrogens is 442 g/mol. The lowest BCUT2D eigenvalue weighted by Gasteiger charge is -2.09. The van der Waals surface area contributed by atoms with Crippen molar-refractivity contribution in [1.82, 2.24) is 10.1 Å². The van der Waals surface area contributed by atoms with Crippen LogP contribution < -0.4 is 4.18 Å². The highest BCUT2D eigenvalue weighted by molar-refractivity contribution is 7.87. The predicted molar refractivity (Wildman–Crippen MR) is 110 cm³/mol. The first-order valence-electron chi connectivity index (χ1n) is 9.36. The van der Waals surface area contributed by atoms with Gasteiger partial charge in [-0.1, -0.05) is 25.1 Å². The number of nitrogens with zero attached hydrogens (tertiary/aromatic N) is 3. The van der Waals surface area contributed by atoms with Gasteiger partial charge >= 0.3 is 16.1 Å². The first-order chi connectivity index (χ1) is 15.1. The molecule has 0 spiro atoms. The highest BCUT2D eigenvalue weighted by Crippen LogP contribution is 2.25.